The third kappa shape index (κ3) is 3.11. The lowest BCUT2D eigenvalue weighted by atomic mass is 10.2. The Bertz CT molecular complexity index is 297. The van der Waals surface area contributed by atoms with Gasteiger partial charge >= 0.3 is 0 Å². The quantitative estimate of drug-likeness (QED) is 0.765. The van der Waals surface area contributed by atoms with Crippen molar-refractivity contribution in [1.29, 1.82) is 0 Å². The molecule has 0 saturated carbocycles. The van der Waals surface area contributed by atoms with Gasteiger partial charge in [0, 0.05) is 11.1 Å². The van der Waals surface area contributed by atoms with E-state index >= 15 is 0 Å². The largest absolute Gasteiger partial charge is 0.493 e. The first-order valence-electron chi connectivity index (χ1n) is 4.60. The van der Waals surface area contributed by atoms with E-state index < -0.39 is 0 Å². The number of hydrogen-bond donors (Lipinski definition) is 0. The second kappa shape index (κ2) is 5.11. The molecule has 0 amide bonds. The van der Waals surface area contributed by atoms with Gasteiger partial charge in [0.05, 0.1) is 13.7 Å². The van der Waals surface area contributed by atoms with Gasteiger partial charge in [0.2, 0.25) is 0 Å². The number of benzene rings is 1. The molecule has 0 atom stereocenters. The van der Waals surface area contributed by atoms with Gasteiger partial charge in [-0.2, -0.15) is 0 Å². The Labute approximate surface area is 89.8 Å². The normalized spacial score (nSPS) is 10.4. The lowest BCUT2D eigenvalue weighted by Gasteiger charge is -2.12. The van der Waals surface area contributed by atoms with Crippen molar-refractivity contribution < 1.29 is 9.47 Å². The molecule has 0 aliphatic heterocycles. The van der Waals surface area contributed by atoms with Crippen LogP contribution < -0.4 is 9.47 Å². The Morgan fingerprint density at radius 2 is 2.00 bits per heavy atom. The molecule has 0 N–H and O–H groups in total. The molecule has 0 aliphatic carbocycles. The second-order valence-corrected chi connectivity index (χ2v) is 3.94. The van der Waals surface area contributed by atoms with E-state index in [1.54, 1.807) is 25.3 Å². The summed E-state index contributed by atoms with van der Waals surface area (Å²) >= 11 is 5.85. The third-order valence-corrected chi connectivity index (χ3v) is 1.93. The Morgan fingerprint density at radius 3 is 2.57 bits per heavy atom. The fourth-order valence-electron chi connectivity index (χ4n) is 1.02. The van der Waals surface area contributed by atoms with Gasteiger partial charge in [-0.15, -0.1) is 0 Å². The monoisotopic (exact) mass is 214 g/mol. The molecule has 78 valence electrons. The van der Waals surface area contributed by atoms with Crippen molar-refractivity contribution in [2.24, 2.45) is 5.92 Å². The van der Waals surface area contributed by atoms with Gasteiger partial charge in [-0.25, -0.2) is 0 Å². The van der Waals surface area contributed by atoms with Crippen LogP contribution in [0.4, 0.5) is 0 Å². The molecule has 0 radical (unpaired) electrons. The summed E-state index contributed by atoms with van der Waals surface area (Å²) < 4.78 is 10.7. The van der Waals surface area contributed by atoms with E-state index in [4.69, 9.17) is 21.1 Å². The molecule has 1 rings (SSSR count). The summed E-state index contributed by atoms with van der Waals surface area (Å²) in [5.41, 5.74) is 0. The highest BCUT2D eigenvalue weighted by Crippen LogP contribution is 2.30. The van der Waals surface area contributed by atoms with Crippen LogP contribution in [0.2, 0.25) is 5.02 Å². The Balaban J connectivity index is 2.77. The fraction of sp³-hybridized carbons (Fsp3) is 0.455. The molecule has 0 unspecified atom stereocenters. The molecule has 0 spiro atoms. The highest BCUT2D eigenvalue weighted by Gasteiger charge is 2.05. The minimum atomic E-state index is 0.485. The Kier molecular flexibility index (Phi) is 4.08. The van der Waals surface area contributed by atoms with E-state index in [2.05, 4.69) is 13.8 Å². The van der Waals surface area contributed by atoms with Crippen LogP contribution in [-0.4, -0.2) is 13.7 Å². The SMILES string of the molecule is COc1ccc(Cl)cc1OCC(C)C. The summed E-state index contributed by atoms with van der Waals surface area (Å²) in [6.45, 7) is 4.85. The summed E-state index contributed by atoms with van der Waals surface area (Å²) in [6.07, 6.45) is 0. The van der Waals surface area contributed by atoms with E-state index in [1.807, 2.05) is 0 Å². The molecule has 14 heavy (non-hydrogen) atoms. The van der Waals surface area contributed by atoms with Gasteiger partial charge in [-0.05, 0) is 18.1 Å². The maximum Gasteiger partial charge on any atom is 0.162 e. The van der Waals surface area contributed by atoms with Crippen molar-refractivity contribution in [3.05, 3.63) is 23.2 Å². The van der Waals surface area contributed by atoms with Crippen LogP contribution in [0.15, 0.2) is 18.2 Å². The molecule has 0 saturated heterocycles. The number of ether oxygens (including phenoxy) is 2. The zero-order valence-corrected chi connectivity index (χ0v) is 9.47. The zero-order chi connectivity index (χ0) is 10.6. The standard InChI is InChI=1S/C11H15ClO2/c1-8(2)7-14-11-6-9(12)4-5-10(11)13-3/h4-6,8H,7H2,1-3H3. The summed E-state index contributed by atoms with van der Waals surface area (Å²) in [7, 11) is 1.62. The Hall–Kier alpha value is -0.890. The number of methoxy groups -OCH3 is 1. The third-order valence-electron chi connectivity index (χ3n) is 1.70. The predicted octanol–water partition coefficient (Wildman–Crippen LogP) is 3.38. The first kappa shape index (κ1) is 11.2. The van der Waals surface area contributed by atoms with Crippen molar-refractivity contribution in [1.82, 2.24) is 0 Å². The fourth-order valence-corrected chi connectivity index (χ4v) is 1.18. The van der Waals surface area contributed by atoms with Gasteiger partial charge in [0.15, 0.2) is 11.5 Å². The van der Waals surface area contributed by atoms with Crippen LogP contribution in [0.3, 0.4) is 0 Å². The van der Waals surface area contributed by atoms with Gasteiger partial charge < -0.3 is 9.47 Å². The molecule has 3 heteroatoms. The zero-order valence-electron chi connectivity index (χ0n) is 8.71. The molecule has 1 aromatic carbocycles. The van der Waals surface area contributed by atoms with Crippen LogP contribution in [-0.2, 0) is 0 Å². The molecule has 1 aromatic rings. The Morgan fingerprint density at radius 1 is 1.29 bits per heavy atom. The van der Waals surface area contributed by atoms with Crippen LogP contribution in [0.25, 0.3) is 0 Å². The minimum absolute atomic E-state index is 0.485. The van der Waals surface area contributed by atoms with E-state index in [-0.39, 0.29) is 0 Å². The highest BCUT2D eigenvalue weighted by atomic mass is 35.5. The molecule has 0 bridgehead atoms. The number of rotatable bonds is 4. The highest BCUT2D eigenvalue weighted by molar-refractivity contribution is 6.30. The maximum absolute atomic E-state index is 5.85. The topological polar surface area (TPSA) is 18.5 Å². The molecular formula is C11H15ClO2. The van der Waals surface area contributed by atoms with Gasteiger partial charge in [-0.1, -0.05) is 25.4 Å². The van der Waals surface area contributed by atoms with Gasteiger partial charge in [0.25, 0.3) is 0 Å². The van der Waals surface area contributed by atoms with Crippen molar-refractivity contribution in [3.63, 3.8) is 0 Å². The molecule has 0 aliphatic rings. The minimum Gasteiger partial charge on any atom is -0.493 e. The van der Waals surface area contributed by atoms with Gasteiger partial charge in [0.1, 0.15) is 0 Å². The number of hydrogen-bond acceptors (Lipinski definition) is 2. The predicted molar refractivity (Wildman–Crippen MR) is 58.3 cm³/mol. The molecule has 0 heterocycles. The van der Waals surface area contributed by atoms with Gasteiger partial charge in [-0.3, -0.25) is 0 Å². The first-order chi connectivity index (χ1) is 6.63. The van der Waals surface area contributed by atoms with Crippen molar-refractivity contribution >= 4 is 11.6 Å². The van der Waals surface area contributed by atoms with Crippen molar-refractivity contribution in [2.45, 2.75) is 13.8 Å². The van der Waals surface area contributed by atoms with Crippen LogP contribution in [0.5, 0.6) is 11.5 Å². The summed E-state index contributed by atoms with van der Waals surface area (Å²) in [6, 6.07) is 5.35. The number of halogens is 1. The molecule has 2 nitrogen and oxygen atoms in total. The van der Waals surface area contributed by atoms with E-state index in [9.17, 15) is 0 Å². The average Bonchev–Trinajstić information content (AvgIpc) is 2.15. The lowest BCUT2D eigenvalue weighted by Crippen LogP contribution is -2.05. The van der Waals surface area contributed by atoms with Crippen LogP contribution >= 0.6 is 11.6 Å². The average molecular weight is 215 g/mol. The lowest BCUT2D eigenvalue weighted by molar-refractivity contribution is 0.257. The van der Waals surface area contributed by atoms with Crippen LogP contribution in [0.1, 0.15) is 13.8 Å². The first-order valence-corrected chi connectivity index (χ1v) is 4.97. The van der Waals surface area contributed by atoms with E-state index in [1.165, 1.54) is 0 Å². The molecule has 0 fully saturated rings. The maximum atomic E-state index is 5.85. The van der Waals surface area contributed by atoms with E-state index in [0.717, 1.165) is 5.75 Å². The van der Waals surface area contributed by atoms with Crippen LogP contribution in [0, 0.1) is 5.92 Å². The van der Waals surface area contributed by atoms with E-state index in [0.29, 0.717) is 23.3 Å². The van der Waals surface area contributed by atoms with Crippen molar-refractivity contribution in [3.8, 4) is 11.5 Å². The molecular weight excluding hydrogens is 200 g/mol. The van der Waals surface area contributed by atoms with Crippen molar-refractivity contribution in [2.75, 3.05) is 13.7 Å². The summed E-state index contributed by atoms with van der Waals surface area (Å²) in [5, 5.41) is 0.657. The second-order valence-electron chi connectivity index (χ2n) is 3.50. The summed E-state index contributed by atoms with van der Waals surface area (Å²) in [4.78, 5) is 0. The summed E-state index contributed by atoms with van der Waals surface area (Å²) in [5.74, 6) is 1.91. The smallest absolute Gasteiger partial charge is 0.162 e. The molecule has 0 aromatic heterocycles.